The van der Waals surface area contributed by atoms with Gasteiger partial charge in [0.05, 0.1) is 6.04 Å². The molecule has 2 unspecified atom stereocenters. The summed E-state index contributed by atoms with van der Waals surface area (Å²) in [5.74, 6) is 7.87. The van der Waals surface area contributed by atoms with Crippen molar-refractivity contribution in [2.24, 2.45) is 12.9 Å². The molecule has 0 radical (unpaired) electrons. The Morgan fingerprint density at radius 3 is 3.14 bits per heavy atom. The SMILES string of the molecule is Cn1ccnc1C(NN)C1CCCS1. The summed E-state index contributed by atoms with van der Waals surface area (Å²) in [5, 5.41) is 0.570. The second-order valence-electron chi connectivity index (χ2n) is 3.59. The van der Waals surface area contributed by atoms with E-state index in [0.29, 0.717) is 5.25 Å². The van der Waals surface area contributed by atoms with Gasteiger partial charge in [0.15, 0.2) is 0 Å². The van der Waals surface area contributed by atoms with Gasteiger partial charge < -0.3 is 4.57 Å². The molecule has 1 aliphatic heterocycles. The van der Waals surface area contributed by atoms with E-state index in [1.807, 2.05) is 35.8 Å². The van der Waals surface area contributed by atoms with Gasteiger partial charge in [-0.15, -0.1) is 0 Å². The van der Waals surface area contributed by atoms with E-state index in [0.717, 1.165) is 5.82 Å². The third-order valence-corrected chi connectivity index (χ3v) is 4.11. The highest BCUT2D eigenvalue weighted by atomic mass is 32.2. The molecule has 1 aromatic rings. The maximum absolute atomic E-state index is 5.60. The lowest BCUT2D eigenvalue weighted by molar-refractivity contribution is 0.483. The first-order valence-corrected chi connectivity index (χ1v) is 5.92. The lowest BCUT2D eigenvalue weighted by Crippen LogP contribution is -2.36. The summed E-state index contributed by atoms with van der Waals surface area (Å²) in [6, 6.07) is 0.183. The van der Waals surface area contributed by atoms with E-state index >= 15 is 0 Å². The number of aryl methyl sites for hydroxylation is 1. The fourth-order valence-corrected chi connectivity index (χ4v) is 3.25. The molecule has 78 valence electrons. The van der Waals surface area contributed by atoms with Crippen molar-refractivity contribution >= 4 is 11.8 Å². The van der Waals surface area contributed by atoms with E-state index in [4.69, 9.17) is 5.84 Å². The highest BCUT2D eigenvalue weighted by Crippen LogP contribution is 2.34. The van der Waals surface area contributed by atoms with Crippen LogP contribution in [0.1, 0.15) is 24.7 Å². The van der Waals surface area contributed by atoms with Gasteiger partial charge in [-0.25, -0.2) is 10.4 Å². The fourth-order valence-electron chi connectivity index (χ4n) is 1.89. The van der Waals surface area contributed by atoms with Crippen molar-refractivity contribution in [3.8, 4) is 0 Å². The molecule has 0 aliphatic carbocycles. The summed E-state index contributed by atoms with van der Waals surface area (Å²) < 4.78 is 2.03. The Morgan fingerprint density at radius 1 is 1.79 bits per heavy atom. The second-order valence-corrected chi connectivity index (χ2v) is 4.94. The number of nitrogens with zero attached hydrogens (tertiary/aromatic N) is 2. The molecule has 2 rings (SSSR count). The largest absolute Gasteiger partial charge is 0.337 e. The summed E-state index contributed by atoms with van der Waals surface area (Å²) in [7, 11) is 2.01. The predicted molar refractivity (Wildman–Crippen MR) is 58.8 cm³/mol. The molecule has 0 saturated carbocycles. The molecule has 5 heteroatoms. The van der Waals surface area contributed by atoms with Crippen LogP contribution >= 0.6 is 11.8 Å². The van der Waals surface area contributed by atoms with Crippen LogP contribution in [0, 0.1) is 0 Å². The van der Waals surface area contributed by atoms with Crippen molar-refractivity contribution < 1.29 is 0 Å². The molecule has 1 aliphatic rings. The average molecular weight is 212 g/mol. The van der Waals surface area contributed by atoms with Crippen LogP contribution in [0.3, 0.4) is 0 Å². The van der Waals surface area contributed by atoms with Gasteiger partial charge in [-0.3, -0.25) is 5.84 Å². The molecule has 4 nitrogen and oxygen atoms in total. The summed E-state index contributed by atoms with van der Waals surface area (Å²) >= 11 is 1.99. The van der Waals surface area contributed by atoms with Gasteiger partial charge in [-0.05, 0) is 18.6 Å². The molecule has 0 spiro atoms. The predicted octanol–water partition coefficient (Wildman–Crippen LogP) is 0.820. The second kappa shape index (κ2) is 4.33. The maximum Gasteiger partial charge on any atom is 0.128 e. The first kappa shape index (κ1) is 10.0. The van der Waals surface area contributed by atoms with Crippen LogP contribution in [0.15, 0.2) is 12.4 Å². The number of thioether (sulfide) groups is 1. The Balaban J connectivity index is 2.16. The lowest BCUT2D eigenvalue weighted by atomic mass is 10.1. The van der Waals surface area contributed by atoms with Crippen molar-refractivity contribution in [3.63, 3.8) is 0 Å². The van der Waals surface area contributed by atoms with Gasteiger partial charge in [0, 0.05) is 24.7 Å². The Bertz CT molecular complexity index is 293. The number of nitrogens with two attached hydrogens (primary N) is 1. The minimum atomic E-state index is 0.183. The molecule has 2 heterocycles. The number of hydrogen-bond donors (Lipinski definition) is 2. The first-order chi connectivity index (χ1) is 6.83. The number of hydrazine groups is 1. The topological polar surface area (TPSA) is 55.9 Å². The van der Waals surface area contributed by atoms with Crippen LogP contribution in [0.25, 0.3) is 0 Å². The Labute approximate surface area is 88.2 Å². The van der Waals surface area contributed by atoms with E-state index in [2.05, 4.69) is 10.4 Å². The molecule has 0 bridgehead atoms. The van der Waals surface area contributed by atoms with Crippen LogP contribution in [-0.4, -0.2) is 20.6 Å². The van der Waals surface area contributed by atoms with Crippen LogP contribution in [0.4, 0.5) is 0 Å². The molecule has 1 saturated heterocycles. The highest BCUT2D eigenvalue weighted by molar-refractivity contribution is 8.00. The maximum atomic E-state index is 5.60. The number of imidazole rings is 1. The van der Waals surface area contributed by atoms with Crippen LogP contribution < -0.4 is 11.3 Å². The molecule has 3 N–H and O–H groups in total. The quantitative estimate of drug-likeness (QED) is 0.575. The third-order valence-electron chi connectivity index (χ3n) is 2.65. The van der Waals surface area contributed by atoms with Crippen molar-refractivity contribution in [2.75, 3.05) is 5.75 Å². The zero-order valence-corrected chi connectivity index (χ0v) is 9.13. The molecule has 1 fully saturated rings. The Morgan fingerprint density at radius 2 is 2.64 bits per heavy atom. The van der Waals surface area contributed by atoms with Crippen molar-refractivity contribution in [1.82, 2.24) is 15.0 Å². The summed E-state index contributed by atoms with van der Waals surface area (Å²) in [4.78, 5) is 4.34. The zero-order valence-electron chi connectivity index (χ0n) is 8.31. The zero-order chi connectivity index (χ0) is 9.97. The van der Waals surface area contributed by atoms with E-state index in [1.54, 1.807) is 0 Å². The molecule has 2 atom stereocenters. The molecule has 1 aromatic heterocycles. The van der Waals surface area contributed by atoms with Crippen LogP contribution in [0.5, 0.6) is 0 Å². The summed E-state index contributed by atoms with van der Waals surface area (Å²) in [6.07, 6.45) is 6.29. The van der Waals surface area contributed by atoms with E-state index in [-0.39, 0.29) is 6.04 Å². The fraction of sp³-hybridized carbons (Fsp3) is 0.667. The van der Waals surface area contributed by atoms with Crippen molar-refractivity contribution in [3.05, 3.63) is 18.2 Å². The average Bonchev–Trinajstić information content (AvgIpc) is 2.80. The minimum Gasteiger partial charge on any atom is -0.337 e. The molecule has 0 amide bonds. The van der Waals surface area contributed by atoms with Crippen molar-refractivity contribution in [1.29, 1.82) is 0 Å². The van der Waals surface area contributed by atoms with Gasteiger partial charge in [0.1, 0.15) is 5.82 Å². The van der Waals surface area contributed by atoms with Crippen LogP contribution in [0.2, 0.25) is 0 Å². The Hall–Kier alpha value is -0.520. The number of hydrogen-bond acceptors (Lipinski definition) is 4. The minimum absolute atomic E-state index is 0.183. The lowest BCUT2D eigenvalue weighted by Gasteiger charge is -2.21. The highest BCUT2D eigenvalue weighted by Gasteiger charge is 2.28. The normalized spacial score (nSPS) is 24.0. The number of aromatic nitrogens is 2. The number of rotatable bonds is 3. The van der Waals surface area contributed by atoms with Gasteiger partial charge in [-0.1, -0.05) is 0 Å². The van der Waals surface area contributed by atoms with E-state index < -0.39 is 0 Å². The number of nitrogens with one attached hydrogen (secondary N) is 1. The van der Waals surface area contributed by atoms with Gasteiger partial charge >= 0.3 is 0 Å². The third kappa shape index (κ3) is 1.80. The first-order valence-electron chi connectivity index (χ1n) is 4.88. The van der Waals surface area contributed by atoms with E-state index in [1.165, 1.54) is 18.6 Å². The van der Waals surface area contributed by atoms with Gasteiger partial charge in [0.25, 0.3) is 0 Å². The standard InChI is InChI=1S/C9H16N4S/c1-13-5-4-11-9(13)8(12-10)7-3-2-6-14-7/h4-5,7-8,12H,2-3,6,10H2,1H3. The van der Waals surface area contributed by atoms with E-state index in [9.17, 15) is 0 Å². The molecule has 0 aromatic carbocycles. The molecular formula is C9H16N4S. The monoisotopic (exact) mass is 212 g/mol. The Kier molecular flexibility index (Phi) is 3.10. The van der Waals surface area contributed by atoms with Crippen molar-refractivity contribution in [2.45, 2.75) is 24.1 Å². The van der Waals surface area contributed by atoms with Gasteiger partial charge in [-0.2, -0.15) is 11.8 Å². The smallest absolute Gasteiger partial charge is 0.128 e. The summed E-state index contributed by atoms with van der Waals surface area (Å²) in [5.41, 5.74) is 2.88. The van der Waals surface area contributed by atoms with Gasteiger partial charge in [0.2, 0.25) is 0 Å². The molecule has 14 heavy (non-hydrogen) atoms. The molecular weight excluding hydrogens is 196 g/mol. The summed E-state index contributed by atoms with van der Waals surface area (Å²) in [6.45, 7) is 0. The van der Waals surface area contributed by atoms with Crippen LogP contribution in [-0.2, 0) is 7.05 Å².